The van der Waals surface area contributed by atoms with Gasteiger partial charge in [0.05, 0.1) is 36.0 Å². The molecule has 0 radical (unpaired) electrons. The van der Waals surface area contributed by atoms with Crippen molar-refractivity contribution in [3.8, 4) is 17.1 Å². The fourth-order valence-corrected chi connectivity index (χ4v) is 5.35. The molecular formula is C25H25N2O4P. The van der Waals surface area contributed by atoms with Gasteiger partial charge in [-0.05, 0) is 43.7 Å². The smallest absolute Gasteiger partial charge is 0.309 e. The third-order valence-corrected chi connectivity index (χ3v) is 7.09. The maximum absolute atomic E-state index is 13.4. The number of hydrogen-bond donors (Lipinski definition) is 0. The summed E-state index contributed by atoms with van der Waals surface area (Å²) in [5.74, 6) is 0.546. The number of aromatic nitrogens is 2. The molecule has 32 heavy (non-hydrogen) atoms. The molecule has 4 rings (SSSR count). The summed E-state index contributed by atoms with van der Waals surface area (Å²) >= 11 is 0. The molecule has 1 heterocycles. The van der Waals surface area contributed by atoms with Crippen LogP contribution in [0.2, 0.25) is 0 Å². The molecule has 164 valence electrons. The second kappa shape index (κ2) is 9.61. The monoisotopic (exact) mass is 448 g/mol. The lowest BCUT2D eigenvalue weighted by Gasteiger charge is -2.17. The van der Waals surface area contributed by atoms with Crippen LogP contribution in [-0.4, -0.2) is 22.8 Å². The fourth-order valence-electron chi connectivity index (χ4n) is 3.65. The lowest BCUT2D eigenvalue weighted by molar-refractivity contribution is 0.219. The van der Waals surface area contributed by atoms with E-state index in [1.165, 1.54) is 0 Å². The van der Waals surface area contributed by atoms with E-state index in [1.54, 1.807) is 24.5 Å². The van der Waals surface area contributed by atoms with Crippen molar-refractivity contribution in [1.82, 2.24) is 9.55 Å². The summed E-state index contributed by atoms with van der Waals surface area (Å²) in [6.45, 7) is 4.23. The molecule has 6 nitrogen and oxygen atoms in total. The molecule has 0 amide bonds. The van der Waals surface area contributed by atoms with Gasteiger partial charge in [-0.3, -0.25) is 13.9 Å². The zero-order valence-corrected chi connectivity index (χ0v) is 19.0. The Morgan fingerprint density at radius 1 is 0.844 bits per heavy atom. The van der Waals surface area contributed by atoms with Gasteiger partial charge in [-0.15, -0.1) is 0 Å². The summed E-state index contributed by atoms with van der Waals surface area (Å²) < 4.78 is 25.3. The zero-order valence-electron chi connectivity index (χ0n) is 18.1. The van der Waals surface area contributed by atoms with E-state index in [-0.39, 0.29) is 11.7 Å². The largest absolute Gasteiger partial charge is 0.335 e. The van der Waals surface area contributed by atoms with Gasteiger partial charge in [-0.1, -0.05) is 54.6 Å². The van der Waals surface area contributed by atoms with Crippen LogP contribution >= 0.6 is 7.60 Å². The van der Waals surface area contributed by atoms with Crippen LogP contribution in [0.5, 0.6) is 0 Å². The molecule has 0 saturated heterocycles. The highest BCUT2D eigenvalue weighted by Gasteiger charge is 2.24. The first kappa shape index (κ1) is 22.2. The summed E-state index contributed by atoms with van der Waals surface area (Å²) in [4.78, 5) is 18.2. The van der Waals surface area contributed by atoms with Crippen molar-refractivity contribution < 1.29 is 13.6 Å². The molecule has 7 heteroatoms. The van der Waals surface area contributed by atoms with Gasteiger partial charge >= 0.3 is 7.60 Å². The van der Waals surface area contributed by atoms with Crippen LogP contribution in [0.1, 0.15) is 19.4 Å². The molecule has 0 atom stereocenters. The Morgan fingerprint density at radius 3 is 2.12 bits per heavy atom. The standard InChI is InChI=1S/C25H25N2O4P/c1-3-30-32(29,31-4-2)18-19-14-16-20(17-15-19)24-26-23-13-9-8-12-22(23)25(28)27(24)21-10-6-5-7-11-21/h5-17H,3-4,18H2,1-2H3. The van der Waals surface area contributed by atoms with Crippen molar-refractivity contribution in [2.75, 3.05) is 13.2 Å². The first-order chi connectivity index (χ1) is 15.5. The van der Waals surface area contributed by atoms with Crippen LogP contribution in [-0.2, 0) is 19.8 Å². The summed E-state index contributed by atoms with van der Waals surface area (Å²) in [5, 5.41) is 0.561. The number of hydrogen-bond acceptors (Lipinski definition) is 5. The van der Waals surface area contributed by atoms with E-state index in [2.05, 4.69) is 0 Å². The van der Waals surface area contributed by atoms with Gasteiger partial charge in [-0.25, -0.2) is 4.98 Å². The van der Waals surface area contributed by atoms with Crippen molar-refractivity contribution in [1.29, 1.82) is 0 Å². The Kier molecular flexibility index (Phi) is 6.66. The maximum atomic E-state index is 13.4. The molecule has 0 bridgehead atoms. The van der Waals surface area contributed by atoms with Gasteiger partial charge in [0, 0.05) is 5.56 Å². The molecule has 0 aliphatic heterocycles. The summed E-state index contributed by atoms with van der Waals surface area (Å²) in [6, 6.07) is 24.3. The molecule has 0 aliphatic rings. The fraction of sp³-hybridized carbons (Fsp3) is 0.200. The van der Waals surface area contributed by atoms with E-state index < -0.39 is 7.60 Å². The van der Waals surface area contributed by atoms with Crippen LogP contribution in [0, 0.1) is 0 Å². The average molecular weight is 448 g/mol. The van der Waals surface area contributed by atoms with Gasteiger partial charge in [-0.2, -0.15) is 0 Å². The van der Waals surface area contributed by atoms with Crippen LogP contribution in [0.3, 0.4) is 0 Å². The van der Waals surface area contributed by atoms with Crippen molar-refractivity contribution in [3.63, 3.8) is 0 Å². The van der Waals surface area contributed by atoms with E-state index >= 15 is 0 Å². The Hall–Kier alpha value is -3.05. The van der Waals surface area contributed by atoms with Crippen LogP contribution < -0.4 is 5.56 Å². The minimum absolute atomic E-state index is 0.127. The topological polar surface area (TPSA) is 70.4 Å². The molecule has 0 aliphatic carbocycles. The van der Waals surface area contributed by atoms with Crippen molar-refractivity contribution in [2.45, 2.75) is 20.0 Å². The molecule has 0 unspecified atom stereocenters. The number of nitrogens with zero attached hydrogens (tertiary/aromatic N) is 2. The number of fused-ring (bicyclic) bond motifs is 1. The second-order valence-corrected chi connectivity index (χ2v) is 9.28. The molecule has 1 aromatic heterocycles. The lowest BCUT2D eigenvalue weighted by atomic mass is 10.1. The highest BCUT2D eigenvalue weighted by molar-refractivity contribution is 7.53. The Labute approximate surface area is 187 Å². The third kappa shape index (κ3) is 4.58. The SMILES string of the molecule is CCOP(=O)(Cc1ccc(-c2nc3ccccc3c(=O)n2-c2ccccc2)cc1)OCC. The maximum Gasteiger partial charge on any atom is 0.335 e. The summed E-state index contributed by atoms with van der Waals surface area (Å²) in [7, 11) is -3.20. The molecule has 0 saturated carbocycles. The van der Waals surface area contributed by atoms with Gasteiger partial charge < -0.3 is 9.05 Å². The first-order valence-electron chi connectivity index (χ1n) is 10.6. The quantitative estimate of drug-likeness (QED) is 0.318. The lowest BCUT2D eigenvalue weighted by Crippen LogP contribution is -2.21. The number of rotatable bonds is 8. The van der Waals surface area contributed by atoms with Gasteiger partial charge in [0.25, 0.3) is 5.56 Å². The van der Waals surface area contributed by atoms with Crippen molar-refractivity contribution in [3.05, 3.63) is 94.8 Å². The first-order valence-corrected chi connectivity index (χ1v) is 12.3. The van der Waals surface area contributed by atoms with Crippen molar-refractivity contribution in [2.24, 2.45) is 0 Å². The minimum Gasteiger partial charge on any atom is -0.309 e. The Balaban J connectivity index is 1.80. The number of benzene rings is 3. The van der Waals surface area contributed by atoms with Crippen LogP contribution in [0.15, 0.2) is 83.7 Å². The van der Waals surface area contributed by atoms with E-state index in [9.17, 15) is 9.36 Å². The van der Waals surface area contributed by atoms with E-state index in [0.29, 0.717) is 29.9 Å². The van der Waals surface area contributed by atoms with Crippen molar-refractivity contribution >= 4 is 18.5 Å². The van der Waals surface area contributed by atoms with E-state index in [0.717, 1.165) is 16.8 Å². The van der Waals surface area contributed by atoms with Gasteiger partial charge in [0.15, 0.2) is 0 Å². The molecule has 0 N–H and O–H groups in total. The molecular weight excluding hydrogens is 423 g/mol. The molecule has 0 fully saturated rings. The molecule has 4 aromatic rings. The van der Waals surface area contributed by atoms with E-state index in [4.69, 9.17) is 14.0 Å². The number of para-hydroxylation sites is 2. The highest BCUT2D eigenvalue weighted by atomic mass is 31.2. The van der Waals surface area contributed by atoms with E-state index in [1.807, 2.05) is 72.8 Å². The summed E-state index contributed by atoms with van der Waals surface area (Å²) in [5.41, 5.74) is 2.86. The Bertz CT molecular complexity index is 1310. The molecule has 3 aromatic carbocycles. The predicted octanol–water partition coefficient (Wildman–Crippen LogP) is 5.82. The van der Waals surface area contributed by atoms with Crippen LogP contribution in [0.4, 0.5) is 0 Å². The zero-order chi connectivity index (χ0) is 22.6. The highest BCUT2D eigenvalue weighted by Crippen LogP contribution is 2.51. The summed E-state index contributed by atoms with van der Waals surface area (Å²) in [6.07, 6.45) is 0.186. The normalized spacial score (nSPS) is 11.7. The Morgan fingerprint density at radius 2 is 1.47 bits per heavy atom. The predicted molar refractivity (Wildman–Crippen MR) is 127 cm³/mol. The average Bonchev–Trinajstić information content (AvgIpc) is 2.80. The second-order valence-electron chi connectivity index (χ2n) is 7.23. The minimum atomic E-state index is -3.20. The van der Waals surface area contributed by atoms with Crippen LogP contribution in [0.25, 0.3) is 28.0 Å². The van der Waals surface area contributed by atoms with Gasteiger partial charge in [0.2, 0.25) is 0 Å². The third-order valence-electron chi connectivity index (χ3n) is 5.03. The molecule has 0 spiro atoms. The van der Waals surface area contributed by atoms with Gasteiger partial charge in [0.1, 0.15) is 5.82 Å².